The minimum Gasteiger partial charge on any atom is -0.320 e. The summed E-state index contributed by atoms with van der Waals surface area (Å²) in [6, 6.07) is 6.85. The smallest absolute Gasteiger partial charge is 0.273 e. The lowest BCUT2D eigenvalue weighted by Crippen LogP contribution is -2.16. The van der Waals surface area contributed by atoms with Crippen LogP contribution in [0, 0.1) is 0 Å². The summed E-state index contributed by atoms with van der Waals surface area (Å²) >= 11 is 9.21. The molecule has 0 aliphatic rings. The normalized spacial score (nSPS) is 10.3. The van der Waals surface area contributed by atoms with E-state index in [2.05, 4.69) is 26.3 Å². The lowest BCUT2D eigenvalue weighted by molar-refractivity contribution is 0.101. The van der Waals surface area contributed by atoms with Gasteiger partial charge >= 0.3 is 0 Å². The van der Waals surface area contributed by atoms with E-state index in [-0.39, 0.29) is 5.91 Å². The Labute approximate surface area is 112 Å². The van der Waals surface area contributed by atoms with Crippen LogP contribution in [0.4, 0.5) is 5.69 Å². The molecule has 0 saturated carbocycles. The van der Waals surface area contributed by atoms with Gasteiger partial charge in [0, 0.05) is 22.7 Å². The zero-order valence-electron chi connectivity index (χ0n) is 8.95. The maximum absolute atomic E-state index is 11.9. The van der Waals surface area contributed by atoms with Gasteiger partial charge in [-0.25, -0.2) is 0 Å². The molecule has 1 aromatic heterocycles. The summed E-state index contributed by atoms with van der Waals surface area (Å²) < 4.78 is 2.28. The summed E-state index contributed by atoms with van der Waals surface area (Å²) in [7, 11) is 1.71. The number of amides is 1. The van der Waals surface area contributed by atoms with E-state index in [4.69, 9.17) is 11.6 Å². The van der Waals surface area contributed by atoms with Crippen molar-refractivity contribution < 1.29 is 4.79 Å². The van der Waals surface area contributed by atoms with Crippen molar-refractivity contribution >= 4 is 39.1 Å². The molecule has 6 heteroatoms. The van der Waals surface area contributed by atoms with E-state index in [0.717, 1.165) is 4.47 Å². The van der Waals surface area contributed by atoms with Gasteiger partial charge in [-0.3, -0.25) is 9.48 Å². The molecule has 0 unspecified atom stereocenters. The minimum absolute atomic E-state index is 0.229. The highest BCUT2D eigenvalue weighted by Crippen LogP contribution is 2.26. The molecule has 1 aromatic carbocycles. The molecule has 2 rings (SSSR count). The van der Waals surface area contributed by atoms with E-state index >= 15 is 0 Å². The lowest BCUT2D eigenvalue weighted by Gasteiger charge is -2.07. The molecule has 0 aliphatic carbocycles. The maximum atomic E-state index is 11.9. The molecule has 2 aromatic rings. The highest BCUT2D eigenvalue weighted by atomic mass is 79.9. The average molecular weight is 315 g/mol. The molecular weight excluding hydrogens is 305 g/mol. The summed E-state index contributed by atoms with van der Waals surface area (Å²) in [5.74, 6) is -0.229. The Hall–Kier alpha value is -1.33. The van der Waals surface area contributed by atoms with Crippen molar-refractivity contribution in [1.29, 1.82) is 0 Å². The van der Waals surface area contributed by atoms with Gasteiger partial charge in [0.15, 0.2) is 0 Å². The molecule has 4 nitrogen and oxygen atoms in total. The van der Waals surface area contributed by atoms with E-state index in [0.29, 0.717) is 16.4 Å². The summed E-state index contributed by atoms with van der Waals surface area (Å²) in [4.78, 5) is 11.9. The van der Waals surface area contributed by atoms with Gasteiger partial charge in [-0.2, -0.15) is 5.10 Å². The second-order valence-corrected chi connectivity index (χ2v) is 4.71. The number of carbonyl (C=O) groups excluding carboxylic acids is 1. The highest BCUT2D eigenvalue weighted by Gasteiger charge is 2.11. The Morgan fingerprint density at radius 3 is 2.88 bits per heavy atom. The molecule has 17 heavy (non-hydrogen) atoms. The number of hydrogen-bond donors (Lipinski definition) is 1. The quantitative estimate of drug-likeness (QED) is 0.926. The summed E-state index contributed by atoms with van der Waals surface area (Å²) in [5, 5.41) is 7.26. The molecule has 0 atom stereocenters. The third-order valence-corrected chi connectivity index (χ3v) is 3.16. The molecule has 0 radical (unpaired) electrons. The summed E-state index contributed by atoms with van der Waals surface area (Å²) in [6.07, 6.45) is 1.57. The number of nitrogens with one attached hydrogen (secondary N) is 1. The molecule has 0 aliphatic heterocycles. The third-order valence-electron chi connectivity index (χ3n) is 2.23. The Morgan fingerprint density at radius 1 is 1.47 bits per heavy atom. The average Bonchev–Trinajstić information content (AvgIpc) is 2.70. The number of aryl methyl sites for hydroxylation is 1. The van der Waals surface area contributed by atoms with E-state index in [1.807, 2.05) is 0 Å². The first-order valence-corrected chi connectivity index (χ1v) is 5.99. The topological polar surface area (TPSA) is 46.9 Å². The molecule has 0 fully saturated rings. The SMILES string of the molecule is Cn1nccc1C(=O)Nc1cc(Cl)ccc1Br. The van der Waals surface area contributed by atoms with Crippen LogP contribution in [-0.2, 0) is 7.05 Å². The van der Waals surface area contributed by atoms with Crippen LogP contribution >= 0.6 is 27.5 Å². The van der Waals surface area contributed by atoms with Crippen molar-refractivity contribution in [1.82, 2.24) is 9.78 Å². The number of aromatic nitrogens is 2. The van der Waals surface area contributed by atoms with Gasteiger partial charge in [-0.15, -0.1) is 0 Å². The van der Waals surface area contributed by atoms with Crippen LogP contribution in [0.15, 0.2) is 34.9 Å². The van der Waals surface area contributed by atoms with E-state index < -0.39 is 0 Å². The standard InChI is InChI=1S/C11H9BrClN3O/c1-16-10(4-5-14-16)11(17)15-9-6-7(13)2-3-8(9)12/h2-6H,1H3,(H,15,17). The fourth-order valence-electron chi connectivity index (χ4n) is 1.38. The Morgan fingerprint density at radius 2 is 2.24 bits per heavy atom. The fraction of sp³-hybridized carbons (Fsp3) is 0.0909. The van der Waals surface area contributed by atoms with E-state index in [9.17, 15) is 4.79 Å². The van der Waals surface area contributed by atoms with Gasteiger partial charge in [0.1, 0.15) is 5.69 Å². The van der Waals surface area contributed by atoms with Gasteiger partial charge < -0.3 is 5.32 Å². The summed E-state index contributed by atoms with van der Waals surface area (Å²) in [5.41, 5.74) is 1.11. The van der Waals surface area contributed by atoms with Gasteiger partial charge in [-0.1, -0.05) is 11.6 Å². The second kappa shape index (κ2) is 4.89. The molecule has 0 spiro atoms. The molecule has 1 amide bonds. The van der Waals surface area contributed by atoms with Gasteiger partial charge in [0.25, 0.3) is 5.91 Å². The van der Waals surface area contributed by atoms with Gasteiger partial charge in [0.2, 0.25) is 0 Å². The van der Waals surface area contributed by atoms with Gasteiger partial charge in [0.05, 0.1) is 5.69 Å². The van der Waals surface area contributed by atoms with Crippen LogP contribution in [0.1, 0.15) is 10.5 Å². The molecule has 88 valence electrons. The van der Waals surface area contributed by atoms with Crippen LogP contribution in [0.25, 0.3) is 0 Å². The molecule has 1 heterocycles. The van der Waals surface area contributed by atoms with Crippen molar-refractivity contribution in [2.24, 2.45) is 7.05 Å². The molecule has 0 bridgehead atoms. The number of halogens is 2. The van der Waals surface area contributed by atoms with Crippen LogP contribution in [0.3, 0.4) is 0 Å². The van der Waals surface area contributed by atoms with Gasteiger partial charge in [-0.05, 0) is 40.2 Å². The number of hydrogen-bond acceptors (Lipinski definition) is 2. The van der Waals surface area contributed by atoms with Crippen molar-refractivity contribution in [3.8, 4) is 0 Å². The minimum atomic E-state index is -0.229. The summed E-state index contributed by atoms with van der Waals surface area (Å²) in [6.45, 7) is 0. The van der Waals surface area contributed by atoms with Crippen LogP contribution < -0.4 is 5.32 Å². The van der Waals surface area contributed by atoms with Crippen molar-refractivity contribution in [3.05, 3.63) is 45.7 Å². The number of benzene rings is 1. The van der Waals surface area contributed by atoms with Crippen LogP contribution in [0.5, 0.6) is 0 Å². The van der Waals surface area contributed by atoms with Crippen LogP contribution in [0.2, 0.25) is 5.02 Å². The molecular formula is C11H9BrClN3O. The van der Waals surface area contributed by atoms with E-state index in [1.54, 1.807) is 37.5 Å². The number of anilines is 1. The lowest BCUT2D eigenvalue weighted by atomic mass is 10.3. The largest absolute Gasteiger partial charge is 0.320 e. The first kappa shape index (κ1) is 12.1. The Balaban J connectivity index is 2.24. The Bertz CT molecular complexity index is 568. The first-order chi connectivity index (χ1) is 8.08. The maximum Gasteiger partial charge on any atom is 0.273 e. The Kier molecular flexibility index (Phi) is 3.49. The zero-order chi connectivity index (χ0) is 12.4. The number of nitrogens with zero attached hydrogens (tertiary/aromatic N) is 2. The van der Waals surface area contributed by atoms with E-state index in [1.165, 1.54) is 4.68 Å². The molecule has 0 saturated heterocycles. The third kappa shape index (κ3) is 2.68. The number of rotatable bonds is 2. The van der Waals surface area contributed by atoms with Crippen molar-refractivity contribution in [2.75, 3.05) is 5.32 Å². The first-order valence-electron chi connectivity index (χ1n) is 4.82. The zero-order valence-corrected chi connectivity index (χ0v) is 11.3. The monoisotopic (exact) mass is 313 g/mol. The van der Waals surface area contributed by atoms with Crippen LogP contribution in [-0.4, -0.2) is 15.7 Å². The molecule has 1 N–H and O–H groups in total. The predicted octanol–water partition coefficient (Wildman–Crippen LogP) is 3.09. The predicted molar refractivity (Wildman–Crippen MR) is 70.3 cm³/mol. The van der Waals surface area contributed by atoms with Crippen molar-refractivity contribution in [2.45, 2.75) is 0 Å². The number of carbonyl (C=O) groups is 1. The highest BCUT2D eigenvalue weighted by molar-refractivity contribution is 9.10. The second-order valence-electron chi connectivity index (χ2n) is 3.42. The fourth-order valence-corrected chi connectivity index (χ4v) is 1.89. The van der Waals surface area contributed by atoms with Crippen molar-refractivity contribution in [3.63, 3.8) is 0 Å².